The van der Waals surface area contributed by atoms with Crippen LogP contribution < -0.4 is 5.73 Å². The smallest absolute Gasteiger partial charge is 0.224 e. The number of carbonyl (C=O) groups excluding carboxylic acids is 1. The lowest BCUT2D eigenvalue weighted by Crippen LogP contribution is -2.20. The van der Waals surface area contributed by atoms with Gasteiger partial charge in [-0.1, -0.05) is 6.07 Å². The highest BCUT2D eigenvalue weighted by molar-refractivity contribution is 7.92. The van der Waals surface area contributed by atoms with E-state index in [2.05, 4.69) is 0 Å². The van der Waals surface area contributed by atoms with E-state index < -0.39 is 15.1 Å². The summed E-state index contributed by atoms with van der Waals surface area (Å²) in [4.78, 5) is 11.6. The normalized spacial score (nSPS) is 18.9. The van der Waals surface area contributed by atoms with Gasteiger partial charge in [0.25, 0.3) is 0 Å². The summed E-state index contributed by atoms with van der Waals surface area (Å²) >= 11 is 0. The minimum atomic E-state index is -3.30. The number of carbonyl (C=O) groups is 1. The molecule has 0 heterocycles. The number of nitrogens with two attached hydrogens (primary N) is 1. The number of primary amides is 1. The van der Waals surface area contributed by atoms with Gasteiger partial charge in [-0.25, -0.2) is 8.42 Å². The summed E-state index contributed by atoms with van der Waals surface area (Å²) in [6.45, 7) is 3.29. The van der Waals surface area contributed by atoms with Crippen LogP contribution in [0.1, 0.15) is 37.3 Å². The molecule has 0 radical (unpaired) electrons. The van der Waals surface area contributed by atoms with Crippen LogP contribution in [0, 0.1) is 0 Å². The fraction of sp³-hybridized carbons (Fsp3) is 0.462. The number of aryl methyl sites for hydroxylation is 1. The van der Waals surface area contributed by atoms with Crippen LogP contribution in [-0.4, -0.2) is 19.6 Å². The topological polar surface area (TPSA) is 77.2 Å². The molecule has 0 spiro atoms. The van der Waals surface area contributed by atoms with Gasteiger partial charge in [0.05, 0.1) is 16.1 Å². The molecule has 2 N–H and O–H groups in total. The standard InChI is InChI=1S/C13H17NO3S/c1-8(2)18(16,17)10-5-3-9-4-6-11(13(14)15)12(9)7-10/h3,5,7-8,11H,4,6H2,1-2H3,(H2,14,15). The van der Waals surface area contributed by atoms with Gasteiger partial charge in [0.15, 0.2) is 9.84 Å². The zero-order valence-electron chi connectivity index (χ0n) is 10.5. The van der Waals surface area contributed by atoms with Gasteiger partial charge in [-0.3, -0.25) is 4.79 Å². The third-order valence-electron chi connectivity index (χ3n) is 3.49. The average molecular weight is 267 g/mol. The van der Waals surface area contributed by atoms with Gasteiger partial charge in [-0.15, -0.1) is 0 Å². The molecule has 1 aliphatic rings. The van der Waals surface area contributed by atoms with Crippen LogP contribution >= 0.6 is 0 Å². The molecular formula is C13H17NO3S. The maximum Gasteiger partial charge on any atom is 0.224 e. The van der Waals surface area contributed by atoms with Crippen molar-refractivity contribution < 1.29 is 13.2 Å². The van der Waals surface area contributed by atoms with E-state index in [0.29, 0.717) is 6.42 Å². The predicted octanol–water partition coefficient (Wildman–Crippen LogP) is 1.38. The van der Waals surface area contributed by atoms with E-state index in [1.165, 1.54) is 0 Å². The van der Waals surface area contributed by atoms with Gasteiger partial charge < -0.3 is 5.73 Å². The molecule has 1 atom stereocenters. The number of amides is 1. The van der Waals surface area contributed by atoms with Crippen LogP contribution in [0.2, 0.25) is 0 Å². The Kier molecular flexibility index (Phi) is 3.19. The number of benzene rings is 1. The first-order valence-electron chi connectivity index (χ1n) is 6.00. The number of fused-ring (bicyclic) bond motifs is 1. The highest BCUT2D eigenvalue weighted by atomic mass is 32.2. The van der Waals surface area contributed by atoms with Crippen molar-refractivity contribution in [2.24, 2.45) is 5.73 Å². The van der Waals surface area contributed by atoms with Crippen LogP contribution in [0.25, 0.3) is 0 Å². The molecule has 0 fully saturated rings. The van der Waals surface area contributed by atoms with Gasteiger partial charge in [0, 0.05) is 0 Å². The molecular weight excluding hydrogens is 250 g/mol. The summed E-state index contributed by atoms with van der Waals surface area (Å²) in [5, 5.41) is -0.469. The first-order valence-corrected chi connectivity index (χ1v) is 7.54. The van der Waals surface area contributed by atoms with Crippen LogP contribution in [0.15, 0.2) is 23.1 Å². The Morgan fingerprint density at radius 2 is 2.06 bits per heavy atom. The Balaban J connectivity index is 2.51. The Bertz CT molecular complexity index is 590. The Morgan fingerprint density at radius 3 is 2.61 bits per heavy atom. The second-order valence-corrected chi connectivity index (χ2v) is 7.45. The Hall–Kier alpha value is -1.36. The Labute approximate surface area is 107 Å². The summed E-state index contributed by atoms with van der Waals surface area (Å²) < 4.78 is 24.2. The van der Waals surface area contributed by atoms with Gasteiger partial charge in [-0.05, 0) is 49.9 Å². The fourth-order valence-electron chi connectivity index (χ4n) is 2.33. The van der Waals surface area contributed by atoms with Crippen molar-refractivity contribution in [2.75, 3.05) is 0 Å². The summed E-state index contributed by atoms with van der Waals surface area (Å²) in [7, 11) is -3.30. The summed E-state index contributed by atoms with van der Waals surface area (Å²) in [5.41, 5.74) is 7.15. The van der Waals surface area contributed by atoms with Crippen LogP contribution in [0.4, 0.5) is 0 Å². The van der Waals surface area contributed by atoms with Crippen LogP contribution in [0.3, 0.4) is 0 Å². The lowest BCUT2D eigenvalue weighted by molar-refractivity contribution is -0.119. The molecule has 0 aliphatic heterocycles. The maximum atomic E-state index is 12.1. The monoisotopic (exact) mass is 267 g/mol. The second kappa shape index (κ2) is 4.39. The molecule has 1 aromatic carbocycles. The van der Waals surface area contributed by atoms with Gasteiger partial charge in [-0.2, -0.15) is 0 Å². The first kappa shape index (κ1) is 13.1. The quantitative estimate of drug-likeness (QED) is 0.898. The van der Waals surface area contributed by atoms with Crippen molar-refractivity contribution in [3.8, 4) is 0 Å². The van der Waals surface area contributed by atoms with E-state index in [0.717, 1.165) is 17.5 Å². The highest BCUT2D eigenvalue weighted by Crippen LogP contribution is 2.34. The first-order chi connectivity index (χ1) is 8.34. The van der Waals surface area contributed by atoms with Crippen molar-refractivity contribution in [3.63, 3.8) is 0 Å². The van der Waals surface area contributed by atoms with E-state index in [9.17, 15) is 13.2 Å². The van der Waals surface area contributed by atoms with Gasteiger partial charge >= 0.3 is 0 Å². The number of hydrogen-bond donors (Lipinski definition) is 1. The van der Waals surface area contributed by atoms with E-state index in [1.54, 1.807) is 32.0 Å². The molecule has 1 amide bonds. The fourth-order valence-corrected chi connectivity index (χ4v) is 3.42. The lowest BCUT2D eigenvalue weighted by Gasteiger charge is -2.11. The molecule has 0 aromatic heterocycles. The molecule has 98 valence electrons. The molecule has 4 nitrogen and oxygen atoms in total. The zero-order chi connectivity index (χ0) is 13.5. The maximum absolute atomic E-state index is 12.1. The van der Waals surface area contributed by atoms with E-state index >= 15 is 0 Å². The highest BCUT2D eigenvalue weighted by Gasteiger charge is 2.29. The molecule has 0 bridgehead atoms. The molecule has 5 heteroatoms. The van der Waals surface area contributed by atoms with Crippen molar-refractivity contribution in [1.29, 1.82) is 0 Å². The molecule has 2 rings (SSSR count). The summed E-state index contributed by atoms with van der Waals surface area (Å²) in [6, 6.07) is 5.04. The van der Waals surface area contributed by atoms with Crippen LogP contribution in [0.5, 0.6) is 0 Å². The predicted molar refractivity (Wildman–Crippen MR) is 69.0 cm³/mol. The average Bonchev–Trinajstić information content (AvgIpc) is 2.71. The van der Waals surface area contributed by atoms with E-state index in [1.807, 2.05) is 0 Å². The molecule has 0 saturated heterocycles. The van der Waals surface area contributed by atoms with Crippen LogP contribution in [-0.2, 0) is 21.1 Å². The summed E-state index contributed by atoms with van der Waals surface area (Å²) in [5.74, 6) is -0.727. The van der Waals surface area contributed by atoms with Crippen molar-refractivity contribution in [2.45, 2.75) is 42.8 Å². The number of sulfone groups is 1. The minimum absolute atomic E-state index is 0.282. The zero-order valence-corrected chi connectivity index (χ0v) is 11.3. The third kappa shape index (κ3) is 2.03. The second-order valence-electron chi connectivity index (χ2n) is 4.95. The Morgan fingerprint density at radius 1 is 1.39 bits per heavy atom. The minimum Gasteiger partial charge on any atom is -0.369 e. The van der Waals surface area contributed by atoms with Crippen molar-refractivity contribution in [3.05, 3.63) is 29.3 Å². The van der Waals surface area contributed by atoms with E-state index in [-0.39, 0.29) is 16.7 Å². The molecule has 18 heavy (non-hydrogen) atoms. The lowest BCUT2D eigenvalue weighted by atomic mass is 10.0. The molecule has 1 aliphatic carbocycles. The largest absolute Gasteiger partial charge is 0.369 e. The molecule has 1 unspecified atom stereocenters. The van der Waals surface area contributed by atoms with Gasteiger partial charge in [0.1, 0.15) is 0 Å². The number of rotatable bonds is 3. The summed E-state index contributed by atoms with van der Waals surface area (Å²) in [6.07, 6.45) is 1.46. The van der Waals surface area contributed by atoms with Crippen molar-refractivity contribution in [1.82, 2.24) is 0 Å². The molecule has 0 saturated carbocycles. The van der Waals surface area contributed by atoms with Crippen molar-refractivity contribution >= 4 is 15.7 Å². The number of hydrogen-bond acceptors (Lipinski definition) is 3. The van der Waals surface area contributed by atoms with E-state index in [4.69, 9.17) is 5.73 Å². The molecule has 1 aromatic rings. The van der Waals surface area contributed by atoms with Gasteiger partial charge in [0.2, 0.25) is 5.91 Å². The third-order valence-corrected chi connectivity index (χ3v) is 5.64. The SMILES string of the molecule is CC(C)S(=O)(=O)c1ccc2c(c1)C(C(N)=O)CC2.